The summed E-state index contributed by atoms with van der Waals surface area (Å²) in [6.07, 6.45) is 0. The first-order valence-corrected chi connectivity index (χ1v) is 11.6. The molecule has 0 unspecified atom stereocenters. The molecule has 2 amide bonds. The molecule has 2 rings (SSSR count). The van der Waals surface area contributed by atoms with Crippen LogP contribution >= 0.6 is 50.7 Å². The number of carbonyl (C=O) groups is 2. The monoisotopic (exact) mass is 548 g/mol. The molecular formula is C22H24BrCl3N2O3. The summed E-state index contributed by atoms with van der Waals surface area (Å²) in [6, 6.07) is 9.41. The molecule has 0 aliphatic rings. The van der Waals surface area contributed by atoms with E-state index in [9.17, 15) is 9.59 Å². The minimum atomic E-state index is -0.710. The lowest BCUT2D eigenvalue weighted by atomic mass is 10.1. The molecule has 0 fully saturated rings. The van der Waals surface area contributed by atoms with E-state index >= 15 is 0 Å². The summed E-state index contributed by atoms with van der Waals surface area (Å²) in [5, 5.41) is 4.21. The molecule has 2 aromatic carbocycles. The standard InChI is InChI=1S/C22H24BrCl3N2O3/c1-13(2)10-27-22(30)14(3)28(11-15-4-6-18(25)19(26)8-15)21(29)12-31-20-7-5-16(24)9-17(20)23/h4-9,13-14H,10-12H2,1-3H3,(H,27,30)/t14-/m1/s1. The number of ether oxygens (including phenoxy) is 1. The number of halogens is 4. The molecule has 0 aliphatic heterocycles. The van der Waals surface area contributed by atoms with E-state index in [-0.39, 0.29) is 25.0 Å². The average molecular weight is 551 g/mol. The van der Waals surface area contributed by atoms with E-state index in [0.717, 1.165) is 5.56 Å². The van der Waals surface area contributed by atoms with Crippen molar-refractivity contribution in [3.8, 4) is 5.75 Å². The zero-order valence-electron chi connectivity index (χ0n) is 17.4. The van der Waals surface area contributed by atoms with Gasteiger partial charge in [-0.3, -0.25) is 9.59 Å². The van der Waals surface area contributed by atoms with Crippen molar-refractivity contribution in [2.45, 2.75) is 33.4 Å². The van der Waals surface area contributed by atoms with Crippen LogP contribution in [-0.2, 0) is 16.1 Å². The number of amides is 2. The third-order valence-corrected chi connectivity index (χ3v) is 6.03. The van der Waals surface area contributed by atoms with E-state index in [1.807, 2.05) is 13.8 Å². The Morgan fingerprint density at radius 3 is 2.39 bits per heavy atom. The Bertz CT molecular complexity index is 940. The maximum atomic E-state index is 13.1. The highest BCUT2D eigenvalue weighted by molar-refractivity contribution is 9.10. The van der Waals surface area contributed by atoms with Gasteiger partial charge in [-0.15, -0.1) is 0 Å². The Labute approximate surface area is 206 Å². The molecule has 0 aromatic heterocycles. The summed E-state index contributed by atoms with van der Waals surface area (Å²) >= 11 is 21.4. The lowest BCUT2D eigenvalue weighted by Gasteiger charge is -2.29. The fraction of sp³-hybridized carbons (Fsp3) is 0.364. The number of nitrogens with one attached hydrogen (secondary N) is 1. The third-order valence-electron chi connectivity index (χ3n) is 4.43. The highest BCUT2D eigenvalue weighted by atomic mass is 79.9. The second-order valence-electron chi connectivity index (χ2n) is 7.45. The summed E-state index contributed by atoms with van der Waals surface area (Å²) in [5.41, 5.74) is 0.749. The molecule has 31 heavy (non-hydrogen) atoms. The maximum Gasteiger partial charge on any atom is 0.261 e. The van der Waals surface area contributed by atoms with E-state index in [1.165, 1.54) is 4.90 Å². The Hall–Kier alpha value is -1.47. The smallest absolute Gasteiger partial charge is 0.261 e. The highest BCUT2D eigenvalue weighted by Gasteiger charge is 2.27. The SMILES string of the molecule is CC(C)CNC(=O)[C@@H](C)N(Cc1ccc(Cl)c(Cl)c1)C(=O)COc1ccc(Cl)cc1Br. The van der Waals surface area contributed by atoms with Crippen LogP contribution in [0.5, 0.6) is 5.75 Å². The van der Waals surface area contributed by atoms with Gasteiger partial charge in [-0.25, -0.2) is 0 Å². The second kappa shape index (κ2) is 12.0. The molecule has 0 aliphatic carbocycles. The summed E-state index contributed by atoms with van der Waals surface area (Å²) < 4.78 is 6.30. The van der Waals surface area contributed by atoms with Crippen LogP contribution in [-0.4, -0.2) is 35.9 Å². The largest absolute Gasteiger partial charge is 0.483 e. The zero-order valence-corrected chi connectivity index (χ0v) is 21.3. The summed E-state index contributed by atoms with van der Waals surface area (Å²) in [7, 11) is 0. The zero-order chi connectivity index (χ0) is 23.1. The van der Waals surface area contributed by atoms with Crippen LogP contribution < -0.4 is 10.1 Å². The normalized spacial score (nSPS) is 11.9. The molecule has 0 bridgehead atoms. The number of benzene rings is 2. The molecular weight excluding hydrogens is 527 g/mol. The van der Waals surface area contributed by atoms with Crippen molar-refractivity contribution < 1.29 is 14.3 Å². The van der Waals surface area contributed by atoms with Gasteiger partial charge in [0.25, 0.3) is 5.91 Å². The van der Waals surface area contributed by atoms with E-state index in [0.29, 0.717) is 37.8 Å². The maximum absolute atomic E-state index is 13.1. The molecule has 0 spiro atoms. The highest BCUT2D eigenvalue weighted by Crippen LogP contribution is 2.28. The van der Waals surface area contributed by atoms with Gasteiger partial charge in [-0.2, -0.15) is 0 Å². The minimum Gasteiger partial charge on any atom is -0.483 e. The van der Waals surface area contributed by atoms with Crippen LogP contribution in [0.25, 0.3) is 0 Å². The molecule has 1 atom stereocenters. The fourth-order valence-corrected chi connectivity index (χ4v) is 3.80. The molecule has 1 N–H and O–H groups in total. The van der Waals surface area contributed by atoms with Gasteiger partial charge in [0.15, 0.2) is 6.61 Å². The Morgan fingerprint density at radius 1 is 1.06 bits per heavy atom. The first-order chi connectivity index (χ1) is 14.6. The molecule has 2 aromatic rings. The molecule has 0 heterocycles. The van der Waals surface area contributed by atoms with Crippen molar-refractivity contribution >= 4 is 62.5 Å². The predicted molar refractivity (Wildman–Crippen MR) is 129 cm³/mol. The lowest BCUT2D eigenvalue weighted by Crippen LogP contribution is -2.49. The van der Waals surface area contributed by atoms with Crippen LogP contribution in [0.2, 0.25) is 15.1 Å². The number of nitrogens with zero attached hydrogens (tertiary/aromatic N) is 1. The van der Waals surface area contributed by atoms with Gasteiger partial charge in [-0.05, 0) is 64.7 Å². The van der Waals surface area contributed by atoms with Crippen LogP contribution in [0.3, 0.4) is 0 Å². The number of rotatable bonds is 9. The third kappa shape index (κ3) is 7.86. The van der Waals surface area contributed by atoms with Gasteiger partial charge in [0.1, 0.15) is 11.8 Å². The number of hydrogen-bond donors (Lipinski definition) is 1. The Balaban J connectivity index is 2.18. The summed E-state index contributed by atoms with van der Waals surface area (Å²) in [4.78, 5) is 27.2. The molecule has 9 heteroatoms. The average Bonchev–Trinajstić information content (AvgIpc) is 2.71. The Morgan fingerprint density at radius 2 is 1.77 bits per heavy atom. The van der Waals surface area contributed by atoms with Gasteiger partial charge in [0.05, 0.1) is 14.5 Å². The van der Waals surface area contributed by atoms with Crippen molar-refractivity contribution in [2.24, 2.45) is 5.92 Å². The van der Waals surface area contributed by atoms with Gasteiger partial charge in [-0.1, -0.05) is 54.7 Å². The molecule has 0 saturated carbocycles. The van der Waals surface area contributed by atoms with Gasteiger partial charge >= 0.3 is 0 Å². The number of hydrogen-bond acceptors (Lipinski definition) is 3. The summed E-state index contributed by atoms with van der Waals surface area (Å²) in [6.45, 7) is 6.14. The minimum absolute atomic E-state index is 0.178. The molecule has 0 saturated heterocycles. The van der Waals surface area contributed by atoms with Crippen LogP contribution in [0.4, 0.5) is 0 Å². The molecule has 5 nitrogen and oxygen atoms in total. The second-order valence-corrected chi connectivity index (χ2v) is 9.55. The first kappa shape index (κ1) is 25.8. The van der Waals surface area contributed by atoms with E-state index in [4.69, 9.17) is 39.5 Å². The fourth-order valence-electron chi connectivity index (χ4n) is 2.68. The van der Waals surface area contributed by atoms with E-state index in [2.05, 4.69) is 21.2 Å². The number of carbonyl (C=O) groups excluding carboxylic acids is 2. The van der Waals surface area contributed by atoms with Gasteiger partial charge in [0.2, 0.25) is 5.91 Å². The van der Waals surface area contributed by atoms with Crippen LogP contribution in [0.15, 0.2) is 40.9 Å². The van der Waals surface area contributed by atoms with Crippen molar-refractivity contribution in [1.29, 1.82) is 0 Å². The van der Waals surface area contributed by atoms with Gasteiger partial charge in [0, 0.05) is 18.1 Å². The van der Waals surface area contributed by atoms with Crippen LogP contribution in [0.1, 0.15) is 26.3 Å². The van der Waals surface area contributed by atoms with Crippen molar-refractivity contribution in [3.63, 3.8) is 0 Å². The lowest BCUT2D eigenvalue weighted by molar-refractivity contribution is -0.142. The Kier molecular flexibility index (Phi) is 9.94. The molecule has 168 valence electrons. The molecule has 0 radical (unpaired) electrons. The van der Waals surface area contributed by atoms with E-state index < -0.39 is 6.04 Å². The first-order valence-electron chi connectivity index (χ1n) is 9.67. The topological polar surface area (TPSA) is 58.6 Å². The predicted octanol–water partition coefficient (Wildman–Crippen LogP) is 5.98. The quantitative estimate of drug-likeness (QED) is 0.418. The van der Waals surface area contributed by atoms with Crippen molar-refractivity contribution in [3.05, 3.63) is 61.5 Å². The van der Waals surface area contributed by atoms with E-state index in [1.54, 1.807) is 43.3 Å². The van der Waals surface area contributed by atoms with Crippen molar-refractivity contribution in [2.75, 3.05) is 13.2 Å². The van der Waals surface area contributed by atoms with Crippen LogP contribution in [0, 0.1) is 5.92 Å². The van der Waals surface area contributed by atoms with Gasteiger partial charge < -0.3 is 15.0 Å². The van der Waals surface area contributed by atoms with Crippen molar-refractivity contribution in [1.82, 2.24) is 10.2 Å². The summed E-state index contributed by atoms with van der Waals surface area (Å²) in [5.74, 6) is 0.181.